The number of hydrogen-bond donors (Lipinski definition) is 1. The van der Waals surface area contributed by atoms with Crippen LogP contribution in [0.5, 0.6) is 0 Å². The highest BCUT2D eigenvalue weighted by atomic mass is 35.5. The van der Waals surface area contributed by atoms with E-state index in [1.807, 2.05) is 18.2 Å². The summed E-state index contributed by atoms with van der Waals surface area (Å²) in [6.45, 7) is 2.50. The third-order valence-electron chi connectivity index (χ3n) is 4.01. The van der Waals surface area contributed by atoms with Crippen LogP contribution in [0.1, 0.15) is 24.8 Å². The van der Waals surface area contributed by atoms with Gasteiger partial charge in [-0.2, -0.15) is 0 Å². The van der Waals surface area contributed by atoms with E-state index in [0.717, 1.165) is 19.3 Å². The van der Waals surface area contributed by atoms with Gasteiger partial charge >= 0.3 is 0 Å². The Hall–Kier alpha value is -1.59. The standard InChI is InChI=1S/C17H25N3O2.ClH/c18-10-13-19(12-9-15-6-2-1-3-7-15)17(22)14-20-11-5-4-8-16(20)21;/h1-3,6-7H,4-5,8-14,18H2;1H. The van der Waals surface area contributed by atoms with Gasteiger partial charge in [0.25, 0.3) is 0 Å². The van der Waals surface area contributed by atoms with Gasteiger partial charge in [0.2, 0.25) is 11.8 Å². The molecule has 1 fully saturated rings. The molecule has 1 saturated heterocycles. The smallest absolute Gasteiger partial charge is 0.242 e. The third kappa shape index (κ3) is 6.20. The molecular weight excluding hydrogens is 314 g/mol. The van der Waals surface area contributed by atoms with Gasteiger partial charge in [-0.25, -0.2) is 0 Å². The van der Waals surface area contributed by atoms with E-state index in [1.54, 1.807) is 9.80 Å². The molecule has 1 heterocycles. The van der Waals surface area contributed by atoms with E-state index in [-0.39, 0.29) is 30.8 Å². The quantitative estimate of drug-likeness (QED) is 0.817. The molecule has 0 aliphatic carbocycles. The van der Waals surface area contributed by atoms with E-state index in [9.17, 15) is 9.59 Å². The van der Waals surface area contributed by atoms with Crippen LogP contribution >= 0.6 is 12.4 Å². The summed E-state index contributed by atoms with van der Waals surface area (Å²) < 4.78 is 0. The lowest BCUT2D eigenvalue weighted by Crippen LogP contribution is -2.46. The van der Waals surface area contributed by atoms with Crippen molar-refractivity contribution in [1.82, 2.24) is 9.80 Å². The first-order valence-electron chi connectivity index (χ1n) is 8.00. The summed E-state index contributed by atoms with van der Waals surface area (Å²) in [6, 6.07) is 10.1. The monoisotopic (exact) mass is 339 g/mol. The van der Waals surface area contributed by atoms with Crippen LogP contribution in [-0.4, -0.2) is 54.3 Å². The normalized spacial score (nSPS) is 14.3. The van der Waals surface area contributed by atoms with Crippen LogP contribution in [0.4, 0.5) is 0 Å². The van der Waals surface area contributed by atoms with Gasteiger partial charge < -0.3 is 15.5 Å². The highest BCUT2D eigenvalue weighted by molar-refractivity contribution is 5.85. The summed E-state index contributed by atoms with van der Waals surface area (Å²) >= 11 is 0. The van der Waals surface area contributed by atoms with Crippen LogP contribution in [0.3, 0.4) is 0 Å². The Bertz CT molecular complexity index is 496. The predicted octanol–water partition coefficient (Wildman–Crippen LogP) is 1.45. The zero-order valence-electron chi connectivity index (χ0n) is 13.4. The van der Waals surface area contributed by atoms with Crippen molar-refractivity contribution >= 4 is 24.2 Å². The molecule has 5 nitrogen and oxygen atoms in total. The fourth-order valence-electron chi connectivity index (χ4n) is 2.72. The van der Waals surface area contributed by atoms with Crippen LogP contribution in [0.25, 0.3) is 0 Å². The Balaban J connectivity index is 0.00000264. The van der Waals surface area contributed by atoms with Crippen molar-refractivity contribution in [2.75, 3.05) is 32.7 Å². The Kier molecular flexibility index (Phi) is 8.66. The van der Waals surface area contributed by atoms with Gasteiger partial charge in [-0.3, -0.25) is 9.59 Å². The van der Waals surface area contributed by atoms with Crippen molar-refractivity contribution in [2.24, 2.45) is 5.73 Å². The summed E-state index contributed by atoms with van der Waals surface area (Å²) in [5.74, 6) is 0.0898. The number of amides is 2. The molecule has 128 valence electrons. The van der Waals surface area contributed by atoms with Gasteiger partial charge in [-0.15, -0.1) is 12.4 Å². The van der Waals surface area contributed by atoms with E-state index in [0.29, 0.717) is 32.6 Å². The molecule has 0 bridgehead atoms. The summed E-state index contributed by atoms with van der Waals surface area (Å²) in [4.78, 5) is 27.7. The number of piperidine rings is 1. The summed E-state index contributed by atoms with van der Waals surface area (Å²) in [6.07, 6.45) is 3.29. The molecule has 1 aromatic carbocycles. The topological polar surface area (TPSA) is 66.6 Å². The van der Waals surface area contributed by atoms with Crippen molar-refractivity contribution in [3.05, 3.63) is 35.9 Å². The van der Waals surface area contributed by atoms with Crippen LogP contribution < -0.4 is 5.73 Å². The number of likely N-dealkylation sites (tertiary alicyclic amines) is 1. The molecular formula is C17H26ClN3O2. The molecule has 0 unspecified atom stereocenters. The third-order valence-corrected chi connectivity index (χ3v) is 4.01. The van der Waals surface area contributed by atoms with E-state index < -0.39 is 0 Å². The second-order valence-electron chi connectivity index (χ2n) is 5.68. The number of carbonyl (C=O) groups excluding carboxylic acids is 2. The lowest BCUT2D eigenvalue weighted by Gasteiger charge is -2.29. The van der Waals surface area contributed by atoms with Gasteiger partial charge in [-0.05, 0) is 24.8 Å². The molecule has 0 spiro atoms. The maximum absolute atomic E-state index is 12.4. The second kappa shape index (κ2) is 10.2. The maximum Gasteiger partial charge on any atom is 0.242 e. The first kappa shape index (κ1) is 19.5. The number of carbonyl (C=O) groups is 2. The van der Waals surface area contributed by atoms with Crippen molar-refractivity contribution in [2.45, 2.75) is 25.7 Å². The number of rotatable bonds is 7. The number of nitrogens with two attached hydrogens (primary N) is 1. The van der Waals surface area contributed by atoms with Crippen LogP contribution in [-0.2, 0) is 16.0 Å². The van der Waals surface area contributed by atoms with Gasteiger partial charge in [0.15, 0.2) is 0 Å². The van der Waals surface area contributed by atoms with E-state index in [1.165, 1.54) is 5.56 Å². The maximum atomic E-state index is 12.4. The highest BCUT2D eigenvalue weighted by Crippen LogP contribution is 2.11. The van der Waals surface area contributed by atoms with Crippen molar-refractivity contribution in [3.8, 4) is 0 Å². The fourth-order valence-corrected chi connectivity index (χ4v) is 2.72. The average molecular weight is 340 g/mol. The second-order valence-corrected chi connectivity index (χ2v) is 5.68. The van der Waals surface area contributed by atoms with Crippen LogP contribution in [0.15, 0.2) is 30.3 Å². The average Bonchev–Trinajstić information content (AvgIpc) is 2.54. The van der Waals surface area contributed by atoms with Gasteiger partial charge in [0, 0.05) is 32.6 Å². The molecule has 6 heteroatoms. The number of hydrogen-bond acceptors (Lipinski definition) is 3. The predicted molar refractivity (Wildman–Crippen MR) is 93.5 cm³/mol. The molecule has 2 rings (SSSR count). The summed E-state index contributed by atoms with van der Waals surface area (Å²) in [7, 11) is 0. The molecule has 0 atom stereocenters. The first-order valence-corrected chi connectivity index (χ1v) is 8.00. The lowest BCUT2D eigenvalue weighted by atomic mass is 10.1. The number of nitrogens with zero attached hydrogens (tertiary/aromatic N) is 2. The summed E-state index contributed by atoms with van der Waals surface area (Å²) in [5, 5.41) is 0. The molecule has 0 aromatic heterocycles. The number of halogens is 1. The largest absolute Gasteiger partial charge is 0.340 e. The fraction of sp³-hybridized carbons (Fsp3) is 0.529. The molecule has 0 radical (unpaired) electrons. The molecule has 1 aromatic rings. The van der Waals surface area contributed by atoms with E-state index in [2.05, 4.69) is 12.1 Å². The molecule has 1 aliphatic heterocycles. The zero-order valence-corrected chi connectivity index (χ0v) is 14.3. The Morgan fingerprint density at radius 2 is 1.91 bits per heavy atom. The van der Waals surface area contributed by atoms with Crippen LogP contribution in [0, 0.1) is 0 Å². The molecule has 23 heavy (non-hydrogen) atoms. The summed E-state index contributed by atoms with van der Waals surface area (Å²) in [5.41, 5.74) is 6.82. The van der Waals surface area contributed by atoms with Gasteiger partial charge in [0.1, 0.15) is 0 Å². The van der Waals surface area contributed by atoms with Crippen LogP contribution in [0.2, 0.25) is 0 Å². The molecule has 2 N–H and O–H groups in total. The van der Waals surface area contributed by atoms with Crippen molar-refractivity contribution < 1.29 is 9.59 Å². The minimum absolute atomic E-state index is 0. The number of benzene rings is 1. The Labute approximate surface area is 144 Å². The minimum atomic E-state index is -0.00312. The van der Waals surface area contributed by atoms with Crippen molar-refractivity contribution in [1.29, 1.82) is 0 Å². The minimum Gasteiger partial charge on any atom is -0.340 e. The Morgan fingerprint density at radius 1 is 1.17 bits per heavy atom. The molecule has 1 aliphatic rings. The molecule has 0 saturated carbocycles. The Morgan fingerprint density at radius 3 is 2.57 bits per heavy atom. The van der Waals surface area contributed by atoms with E-state index >= 15 is 0 Å². The SMILES string of the molecule is Cl.NCCN(CCc1ccccc1)C(=O)CN1CCCCC1=O. The van der Waals surface area contributed by atoms with Crippen molar-refractivity contribution in [3.63, 3.8) is 0 Å². The van der Waals surface area contributed by atoms with Gasteiger partial charge in [-0.1, -0.05) is 30.3 Å². The zero-order chi connectivity index (χ0) is 15.8. The lowest BCUT2D eigenvalue weighted by molar-refractivity contribution is -0.141. The molecule has 2 amide bonds. The van der Waals surface area contributed by atoms with E-state index in [4.69, 9.17) is 5.73 Å². The first-order chi connectivity index (χ1) is 10.7. The van der Waals surface area contributed by atoms with Gasteiger partial charge in [0.05, 0.1) is 6.54 Å². The highest BCUT2D eigenvalue weighted by Gasteiger charge is 2.23.